The van der Waals surface area contributed by atoms with E-state index in [1.165, 1.54) is 0 Å². The number of rotatable bonds is 4. The van der Waals surface area contributed by atoms with Crippen molar-refractivity contribution in [1.29, 1.82) is 0 Å². The number of methoxy groups -OCH3 is 1. The van der Waals surface area contributed by atoms with E-state index in [9.17, 15) is 0 Å². The van der Waals surface area contributed by atoms with Crippen LogP contribution in [-0.4, -0.2) is 12.1 Å². The summed E-state index contributed by atoms with van der Waals surface area (Å²) in [4.78, 5) is 4.22. The van der Waals surface area contributed by atoms with Crippen LogP contribution in [0.15, 0.2) is 41.0 Å². The molecule has 2 rings (SSSR count). The Morgan fingerprint density at radius 3 is 2.89 bits per heavy atom. The topological polar surface area (TPSA) is 34.1 Å². The van der Waals surface area contributed by atoms with Gasteiger partial charge in [-0.3, -0.25) is 0 Å². The number of benzene rings is 1. The molecule has 0 bridgehead atoms. The summed E-state index contributed by atoms with van der Waals surface area (Å²) < 4.78 is 6.14. The number of pyridine rings is 1. The highest BCUT2D eigenvalue weighted by atomic mass is 79.9. The predicted molar refractivity (Wildman–Crippen MR) is 77.3 cm³/mol. The van der Waals surface area contributed by atoms with Gasteiger partial charge in [0.05, 0.1) is 12.1 Å². The Morgan fingerprint density at radius 1 is 1.39 bits per heavy atom. The lowest BCUT2D eigenvalue weighted by Crippen LogP contribution is -2.03. The summed E-state index contributed by atoms with van der Waals surface area (Å²) in [5.74, 6) is 1.50. The van der Waals surface area contributed by atoms with E-state index in [2.05, 4.69) is 26.2 Å². The Bertz CT molecular complexity index is 548. The summed E-state index contributed by atoms with van der Waals surface area (Å²) in [6, 6.07) is 9.63. The van der Waals surface area contributed by atoms with Crippen LogP contribution in [0.25, 0.3) is 0 Å². The Labute approximate surface area is 119 Å². The van der Waals surface area contributed by atoms with Crippen LogP contribution < -0.4 is 10.1 Å². The van der Waals surface area contributed by atoms with E-state index < -0.39 is 0 Å². The minimum atomic E-state index is 0.583. The quantitative estimate of drug-likeness (QED) is 0.917. The maximum absolute atomic E-state index is 6.08. The fourth-order valence-corrected chi connectivity index (χ4v) is 2.27. The summed E-state index contributed by atoms with van der Waals surface area (Å²) in [6.07, 6.45) is 1.70. The van der Waals surface area contributed by atoms with Crippen molar-refractivity contribution in [3.8, 4) is 5.75 Å². The van der Waals surface area contributed by atoms with Crippen LogP contribution >= 0.6 is 27.5 Å². The average molecular weight is 328 g/mol. The molecular weight excluding hydrogens is 316 g/mol. The zero-order valence-corrected chi connectivity index (χ0v) is 12.1. The molecule has 0 saturated heterocycles. The van der Waals surface area contributed by atoms with Gasteiger partial charge < -0.3 is 10.1 Å². The lowest BCUT2D eigenvalue weighted by molar-refractivity contribution is 0.410. The van der Waals surface area contributed by atoms with Crippen molar-refractivity contribution in [3.63, 3.8) is 0 Å². The highest BCUT2D eigenvalue weighted by Gasteiger charge is 2.05. The molecule has 94 valence electrons. The van der Waals surface area contributed by atoms with Gasteiger partial charge in [-0.2, -0.15) is 0 Å². The molecule has 0 unspecified atom stereocenters. The second-order valence-corrected chi connectivity index (χ2v) is 4.97. The lowest BCUT2D eigenvalue weighted by atomic mass is 10.2. The van der Waals surface area contributed by atoms with Crippen LogP contribution in [0, 0.1) is 0 Å². The van der Waals surface area contributed by atoms with Gasteiger partial charge in [-0.05, 0) is 28.1 Å². The summed E-state index contributed by atoms with van der Waals surface area (Å²) >= 11 is 9.40. The van der Waals surface area contributed by atoms with Gasteiger partial charge in [-0.25, -0.2) is 4.98 Å². The third-order valence-electron chi connectivity index (χ3n) is 2.45. The zero-order chi connectivity index (χ0) is 13.0. The number of anilines is 1. The van der Waals surface area contributed by atoms with Gasteiger partial charge in [0.25, 0.3) is 0 Å². The summed E-state index contributed by atoms with van der Waals surface area (Å²) in [6.45, 7) is 0.609. The Balaban J connectivity index is 2.11. The zero-order valence-electron chi connectivity index (χ0n) is 9.78. The number of aromatic nitrogens is 1. The molecule has 1 aromatic carbocycles. The molecule has 1 aromatic heterocycles. The van der Waals surface area contributed by atoms with Crippen LogP contribution in [0.5, 0.6) is 5.75 Å². The molecule has 0 atom stereocenters. The maximum Gasteiger partial charge on any atom is 0.145 e. The molecule has 0 spiro atoms. The van der Waals surface area contributed by atoms with E-state index in [0.29, 0.717) is 17.4 Å². The molecule has 0 aliphatic heterocycles. The molecule has 2 aromatic rings. The minimum Gasteiger partial charge on any atom is -0.496 e. The van der Waals surface area contributed by atoms with Crippen molar-refractivity contribution in [2.24, 2.45) is 0 Å². The van der Waals surface area contributed by atoms with Crippen molar-refractivity contribution < 1.29 is 4.74 Å². The van der Waals surface area contributed by atoms with Gasteiger partial charge in [0.2, 0.25) is 0 Å². The molecule has 0 saturated carbocycles. The monoisotopic (exact) mass is 326 g/mol. The highest BCUT2D eigenvalue weighted by molar-refractivity contribution is 9.10. The Hall–Kier alpha value is -1.26. The van der Waals surface area contributed by atoms with E-state index in [4.69, 9.17) is 16.3 Å². The molecule has 0 aliphatic carbocycles. The maximum atomic E-state index is 6.08. The second kappa shape index (κ2) is 6.07. The van der Waals surface area contributed by atoms with Gasteiger partial charge in [0.1, 0.15) is 11.6 Å². The fraction of sp³-hybridized carbons (Fsp3) is 0.154. The number of para-hydroxylation sites is 1. The molecular formula is C13H12BrClN2O. The summed E-state index contributed by atoms with van der Waals surface area (Å²) in [5.41, 5.74) is 1.06. The SMILES string of the molecule is COc1ccccc1CNc1ncc(Br)cc1Cl. The first-order valence-electron chi connectivity index (χ1n) is 5.37. The smallest absolute Gasteiger partial charge is 0.145 e. The predicted octanol–water partition coefficient (Wildman–Crippen LogP) is 4.12. The highest BCUT2D eigenvalue weighted by Crippen LogP contribution is 2.24. The normalized spacial score (nSPS) is 10.2. The van der Waals surface area contributed by atoms with E-state index in [0.717, 1.165) is 15.8 Å². The third kappa shape index (κ3) is 3.15. The van der Waals surface area contributed by atoms with Gasteiger partial charge in [-0.15, -0.1) is 0 Å². The van der Waals surface area contributed by atoms with Crippen LogP contribution in [0.4, 0.5) is 5.82 Å². The van der Waals surface area contributed by atoms with Crippen molar-refractivity contribution in [1.82, 2.24) is 4.98 Å². The molecule has 1 heterocycles. The molecule has 3 nitrogen and oxygen atoms in total. The summed E-state index contributed by atoms with van der Waals surface area (Å²) in [5, 5.41) is 3.77. The van der Waals surface area contributed by atoms with Crippen LogP contribution in [0.2, 0.25) is 5.02 Å². The molecule has 0 amide bonds. The van der Waals surface area contributed by atoms with Crippen molar-refractivity contribution in [3.05, 3.63) is 51.6 Å². The number of hydrogen-bond acceptors (Lipinski definition) is 3. The minimum absolute atomic E-state index is 0.583. The van der Waals surface area contributed by atoms with E-state index in [1.807, 2.05) is 24.3 Å². The van der Waals surface area contributed by atoms with Crippen molar-refractivity contribution in [2.75, 3.05) is 12.4 Å². The second-order valence-electron chi connectivity index (χ2n) is 3.65. The molecule has 18 heavy (non-hydrogen) atoms. The van der Waals surface area contributed by atoms with E-state index >= 15 is 0 Å². The third-order valence-corrected chi connectivity index (χ3v) is 3.17. The molecule has 5 heteroatoms. The van der Waals surface area contributed by atoms with Crippen LogP contribution in [0.1, 0.15) is 5.56 Å². The van der Waals surface area contributed by atoms with Crippen LogP contribution in [0.3, 0.4) is 0 Å². The largest absolute Gasteiger partial charge is 0.496 e. The Kier molecular flexibility index (Phi) is 4.44. The first kappa shape index (κ1) is 13.2. The van der Waals surface area contributed by atoms with E-state index in [1.54, 1.807) is 19.4 Å². The van der Waals surface area contributed by atoms with E-state index in [-0.39, 0.29) is 0 Å². The number of ether oxygens (including phenoxy) is 1. The number of nitrogens with one attached hydrogen (secondary N) is 1. The van der Waals surface area contributed by atoms with Crippen molar-refractivity contribution >= 4 is 33.3 Å². The number of nitrogens with zero attached hydrogens (tertiary/aromatic N) is 1. The lowest BCUT2D eigenvalue weighted by Gasteiger charge is -2.10. The first-order valence-corrected chi connectivity index (χ1v) is 6.54. The van der Waals surface area contributed by atoms with Crippen molar-refractivity contribution in [2.45, 2.75) is 6.54 Å². The van der Waals surface area contributed by atoms with Gasteiger partial charge in [-0.1, -0.05) is 29.8 Å². The fourth-order valence-electron chi connectivity index (χ4n) is 1.57. The van der Waals surface area contributed by atoms with Gasteiger partial charge >= 0.3 is 0 Å². The molecule has 0 aliphatic rings. The Morgan fingerprint density at radius 2 is 2.17 bits per heavy atom. The van der Waals surface area contributed by atoms with Gasteiger partial charge in [0, 0.05) is 22.8 Å². The first-order chi connectivity index (χ1) is 8.70. The summed E-state index contributed by atoms with van der Waals surface area (Å²) in [7, 11) is 1.66. The molecule has 0 fully saturated rings. The number of hydrogen-bond donors (Lipinski definition) is 1. The van der Waals surface area contributed by atoms with Gasteiger partial charge in [0.15, 0.2) is 0 Å². The standard InChI is InChI=1S/C13H12BrClN2O/c1-18-12-5-3-2-4-9(12)7-16-13-11(15)6-10(14)8-17-13/h2-6,8H,7H2,1H3,(H,16,17). The number of halogens is 2. The molecule has 0 radical (unpaired) electrons. The average Bonchev–Trinajstić information content (AvgIpc) is 2.38. The van der Waals surface area contributed by atoms with Crippen LogP contribution in [-0.2, 0) is 6.54 Å². The molecule has 1 N–H and O–H groups in total.